The molecule has 1 aromatic rings. The van der Waals surface area contributed by atoms with Gasteiger partial charge in [0, 0.05) is 29.2 Å². The Morgan fingerprint density at radius 3 is 1.97 bits per heavy atom. The van der Waals surface area contributed by atoms with Gasteiger partial charge in [0.2, 0.25) is 0 Å². The van der Waals surface area contributed by atoms with Gasteiger partial charge in [-0.3, -0.25) is 9.59 Å². The van der Waals surface area contributed by atoms with Gasteiger partial charge >= 0.3 is 0 Å². The van der Waals surface area contributed by atoms with E-state index in [1.165, 1.54) is 0 Å². The van der Waals surface area contributed by atoms with E-state index in [4.69, 9.17) is 0 Å². The Morgan fingerprint density at radius 2 is 1.34 bits per heavy atom. The fourth-order valence-electron chi connectivity index (χ4n) is 7.60. The lowest BCUT2D eigenvalue weighted by molar-refractivity contribution is -0.122. The molecule has 0 saturated heterocycles. The van der Waals surface area contributed by atoms with Crippen LogP contribution >= 0.6 is 0 Å². The van der Waals surface area contributed by atoms with Gasteiger partial charge in [-0.15, -0.1) is 0 Å². The van der Waals surface area contributed by atoms with Crippen molar-refractivity contribution in [2.45, 2.75) is 78.4 Å². The van der Waals surface area contributed by atoms with Crippen LogP contribution in [0.25, 0.3) is 5.57 Å². The molecule has 172 valence electrons. The van der Waals surface area contributed by atoms with Gasteiger partial charge in [0.05, 0.1) is 11.2 Å². The summed E-state index contributed by atoms with van der Waals surface area (Å²) in [5.41, 5.74) is 0.366. The highest BCUT2D eigenvalue weighted by Gasteiger charge is 2.56. The van der Waals surface area contributed by atoms with Gasteiger partial charge in [-0.2, -0.15) is 0 Å². The standard InChI is InChI=1S/C28H36O4/c1-25(2)11-17-21(13-25)28(6,32)20(10-23(17)29)15-7-8-19-16(9-15)24(30)18-12-26(3,4)14-22(18)27(19,5)31/h7-10,17-18,21-22,31-32H,11-14H2,1-6H3/t17-,18-,21+,22+,27+,28+/m1/s1. The normalized spacial score (nSPS) is 41.7. The monoisotopic (exact) mass is 436 g/mol. The van der Waals surface area contributed by atoms with Crippen LogP contribution in [0.2, 0.25) is 0 Å². The smallest absolute Gasteiger partial charge is 0.166 e. The lowest BCUT2D eigenvalue weighted by Gasteiger charge is -2.42. The van der Waals surface area contributed by atoms with Crippen molar-refractivity contribution in [1.29, 1.82) is 0 Å². The number of benzene rings is 1. The summed E-state index contributed by atoms with van der Waals surface area (Å²) in [5.74, 6) is -0.374. The van der Waals surface area contributed by atoms with Crippen molar-refractivity contribution in [2.24, 2.45) is 34.5 Å². The fourth-order valence-corrected chi connectivity index (χ4v) is 7.60. The summed E-state index contributed by atoms with van der Waals surface area (Å²) in [6, 6.07) is 5.53. The third-order valence-corrected chi connectivity index (χ3v) is 9.18. The molecule has 2 saturated carbocycles. The van der Waals surface area contributed by atoms with E-state index in [1.807, 2.05) is 32.0 Å². The van der Waals surface area contributed by atoms with Crippen molar-refractivity contribution in [3.63, 3.8) is 0 Å². The van der Waals surface area contributed by atoms with Crippen LogP contribution in [-0.2, 0) is 10.4 Å². The number of carbonyl (C=O) groups excluding carboxylic acids is 2. The summed E-state index contributed by atoms with van der Waals surface area (Å²) in [5, 5.41) is 23.1. The van der Waals surface area contributed by atoms with Crippen LogP contribution < -0.4 is 0 Å². The predicted molar refractivity (Wildman–Crippen MR) is 124 cm³/mol. The topological polar surface area (TPSA) is 74.6 Å². The Morgan fingerprint density at radius 1 is 0.781 bits per heavy atom. The third-order valence-electron chi connectivity index (χ3n) is 9.18. The summed E-state index contributed by atoms with van der Waals surface area (Å²) < 4.78 is 0. The number of rotatable bonds is 1. The maximum atomic E-state index is 13.5. The van der Waals surface area contributed by atoms with E-state index < -0.39 is 11.2 Å². The molecule has 0 aromatic heterocycles. The first-order chi connectivity index (χ1) is 14.6. The van der Waals surface area contributed by atoms with Crippen LogP contribution in [0.5, 0.6) is 0 Å². The molecule has 4 heteroatoms. The minimum Gasteiger partial charge on any atom is -0.385 e. The zero-order valence-electron chi connectivity index (χ0n) is 20.2. The molecule has 0 radical (unpaired) electrons. The molecule has 1 aromatic carbocycles. The van der Waals surface area contributed by atoms with Crippen molar-refractivity contribution >= 4 is 17.1 Å². The zero-order chi connectivity index (χ0) is 23.4. The van der Waals surface area contributed by atoms with Crippen molar-refractivity contribution < 1.29 is 19.8 Å². The van der Waals surface area contributed by atoms with Gasteiger partial charge in [0.25, 0.3) is 0 Å². The summed E-state index contributed by atoms with van der Waals surface area (Å²) >= 11 is 0. The van der Waals surface area contributed by atoms with Gasteiger partial charge < -0.3 is 10.2 Å². The third kappa shape index (κ3) is 3.02. The molecule has 0 aliphatic heterocycles. The van der Waals surface area contributed by atoms with Gasteiger partial charge in [0.1, 0.15) is 0 Å². The minimum absolute atomic E-state index is 0.0200. The molecule has 2 N–H and O–H groups in total. The fraction of sp³-hybridized carbons (Fsp3) is 0.643. The highest BCUT2D eigenvalue weighted by molar-refractivity contribution is 6.05. The van der Waals surface area contributed by atoms with Gasteiger partial charge in [-0.1, -0.05) is 39.8 Å². The van der Waals surface area contributed by atoms with Crippen LogP contribution in [0, 0.1) is 34.5 Å². The Balaban J connectivity index is 1.59. The van der Waals surface area contributed by atoms with E-state index in [0.29, 0.717) is 22.3 Å². The van der Waals surface area contributed by atoms with Crippen LogP contribution in [0.4, 0.5) is 0 Å². The lowest BCUT2D eigenvalue weighted by Crippen LogP contribution is -2.44. The van der Waals surface area contributed by atoms with Gasteiger partial charge in [-0.05, 0) is 79.2 Å². The van der Waals surface area contributed by atoms with Crippen molar-refractivity contribution in [3.8, 4) is 0 Å². The van der Waals surface area contributed by atoms with Crippen LogP contribution in [0.3, 0.4) is 0 Å². The Labute approximate surface area is 191 Å². The second-order valence-electron chi connectivity index (χ2n) is 13.0. The summed E-state index contributed by atoms with van der Waals surface area (Å²) in [7, 11) is 0. The quantitative estimate of drug-likeness (QED) is 0.656. The first-order valence-electron chi connectivity index (χ1n) is 12.0. The second kappa shape index (κ2) is 6.42. The van der Waals surface area contributed by atoms with Crippen molar-refractivity contribution in [1.82, 2.24) is 0 Å². The van der Waals surface area contributed by atoms with Crippen LogP contribution in [-0.4, -0.2) is 27.4 Å². The van der Waals surface area contributed by atoms with E-state index in [1.54, 1.807) is 6.08 Å². The molecule has 5 rings (SSSR count). The Bertz CT molecular complexity index is 1060. The molecule has 2 fully saturated rings. The summed E-state index contributed by atoms with van der Waals surface area (Å²) in [6.07, 6.45) is 4.79. The molecule has 4 nitrogen and oxygen atoms in total. The van der Waals surface area contributed by atoms with E-state index >= 15 is 0 Å². The molecular formula is C28H36O4. The summed E-state index contributed by atoms with van der Waals surface area (Å²) in [4.78, 5) is 26.6. The number of Topliss-reactive ketones (excluding diaryl/α,β-unsaturated/α-hetero) is 1. The molecular weight excluding hydrogens is 400 g/mol. The van der Waals surface area contributed by atoms with E-state index in [2.05, 4.69) is 27.7 Å². The molecule has 0 heterocycles. The Kier molecular flexibility index (Phi) is 4.42. The number of fused-ring (bicyclic) bond motifs is 3. The zero-order valence-corrected chi connectivity index (χ0v) is 20.2. The van der Waals surface area contributed by atoms with E-state index in [0.717, 1.165) is 25.7 Å². The van der Waals surface area contributed by atoms with E-state index in [9.17, 15) is 19.8 Å². The highest BCUT2D eigenvalue weighted by Crippen LogP contribution is 2.58. The van der Waals surface area contributed by atoms with Crippen molar-refractivity contribution in [2.75, 3.05) is 0 Å². The van der Waals surface area contributed by atoms with Crippen LogP contribution in [0.15, 0.2) is 24.3 Å². The minimum atomic E-state index is -1.14. The molecule has 0 bridgehead atoms. The molecule has 4 aliphatic rings. The molecule has 0 amide bonds. The average Bonchev–Trinajstić information content (AvgIpc) is 3.20. The van der Waals surface area contributed by atoms with E-state index in [-0.39, 0.29) is 46.1 Å². The predicted octanol–water partition coefficient (Wildman–Crippen LogP) is 4.91. The number of hydrogen-bond acceptors (Lipinski definition) is 4. The number of hydrogen-bond donors (Lipinski definition) is 2. The second-order valence-corrected chi connectivity index (χ2v) is 13.0. The number of carbonyl (C=O) groups is 2. The molecule has 0 unspecified atom stereocenters. The number of ketones is 2. The maximum Gasteiger partial charge on any atom is 0.166 e. The number of allylic oxidation sites excluding steroid dienone is 1. The largest absolute Gasteiger partial charge is 0.385 e. The molecule has 6 atom stereocenters. The van der Waals surface area contributed by atoms with Gasteiger partial charge in [0.15, 0.2) is 11.6 Å². The van der Waals surface area contributed by atoms with Gasteiger partial charge in [-0.25, -0.2) is 0 Å². The highest BCUT2D eigenvalue weighted by atomic mass is 16.3. The average molecular weight is 437 g/mol. The van der Waals surface area contributed by atoms with Crippen molar-refractivity contribution in [3.05, 3.63) is 41.0 Å². The first-order valence-corrected chi connectivity index (χ1v) is 12.0. The first kappa shape index (κ1) is 22.0. The van der Waals surface area contributed by atoms with Crippen LogP contribution in [0.1, 0.15) is 88.7 Å². The SMILES string of the molecule is CC1(C)C[C@H]2C(=O)C=C(c3ccc4c(c3)C(=O)[C@@H]3CC(C)(C)C[C@@H]3[C@@]4(C)O)[C@](C)(O)[C@H]2C1. The number of aliphatic hydroxyl groups is 2. The lowest BCUT2D eigenvalue weighted by atomic mass is 9.65. The summed E-state index contributed by atoms with van der Waals surface area (Å²) in [6.45, 7) is 12.3. The Hall–Kier alpha value is -1.78. The molecule has 0 spiro atoms. The maximum absolute atomic E-state index is 13.5. The molecule has 32 heavy (non-hydrogen) atoms. The molecule has 4 aliphatic carbocycles.